The first-order valence-electron chi connectivity index (χ1n) is 16.2. The van der Waals surface area contributed by atoms with Gasteiger partial charge in [0.05, 0.1) is 22.5 Å². The minimum atomic E-state index is -0.927. The number of carbonyl (C=O) groups is 2. The molecule has 4 aromatic carbocycles. The fourth-order valence-electron chi connectivity index (χ4n) is 5.01. The van der Waals surface area contributed by atoms with Crippen LogP contribution in [0.15, 0.2) is 134 Å². The van der Waals surface area contributed by atoms with E-state index >= 15 is 0 Å². The first-order chi connectivity index (χ1) is 24.1. The number of anilines is 4. The Hall–Kier alpha value is -6.28. The van der Waals surface area contributed by atoms with Crippen molar-refractivity contribution in [1.29, 1.82) is 0 Å². The molecule has 0 unspecified atom stereocenters. The summed E-state index contributed by atoms with van der Waals surface area (Å²) in [5.41, 5.74) is 10.9. The average Bonchev–Trinajstić information content (AvgIpc) is 3.13. The Bertz CT molecular complexity index is 1870. The number of pyridine rings is 2. The Balaban J connectivity index is 0.000000170. The van der Waals surface area contributed by atoms with E-state index in [1.165, 1.54) is 22.3 Å². The van der Waals surface area contributed by atoms with Crippen molar-refractivity contribution in [3.63, 3.8) is 0 Å². The van der Waals surface area contributed by atoms with Crippen LogP contribution in [-0.4, -0.2) is 32.1 Å². The summed E-state index contributed by atoms with van der Waals surface area (Å²) < 4.78 is 0. The van der Waals surface area contributed by atoms with Crippen LogP contribution in [0.2, 0.25) is 0 Å². The standard InChI is InChI=1S/2C15H15NO2.C12H12N2/c2*1-10-6-5-9-13(11(10)2)16-14-8-4-3-7-12(14)15(17)18;1(11-3-7-13-8-4-11)2-12-5-9-14-10-6-12/h2*3-9,16H,1-2H3,(H,17,18);3-10H,1-2H2. The molecule has 0 amide bonds. The van der Waals surface area contributed by atoms with Crippen molar-refractivity contribution in [2.75, 3.05) is 10.6 Å². The molecule has 0 saturated heterocycles. The number of rotatable bonds is 9. The van der Waals surface area contributed by atoms with E-state index in [9.17, 15) is 9.59 Å². The molecule has 0 bridgehead atoms. The number of aromatic nitrogens is 2. The van der Waals surface area contributed by atoms with Gasteiger partial charge in [0.2, 0.25) is 0 Å². The second-order valence-corrected chi connectivity index (χ2v) is 11.7. The molecule has 0 aliphatic carbocycles. The zero-order valence-corrected chi connectivity index (χ0v) is 28.7. The number of aromatic carboxylic acids is 2. The van der Waals surface area contributed by atoms with Crippen molar-refractivity contribution in [3.8, 4) is 0 Å². The number of carboxylic acid groups (broad SMARTS) is 2. The molecule has 0 aliphatic heterocycles. The zero-order valence-electron chi connectivity index (χ0n) is 28.7. The Morgan fingerprint density at radius 3 is 1.18 bits per heavy atom. The van der Waals surface area contributed by atoms with Crippen molar-refractivity contribution < 1.29 is 19.8 Å². The highest BCUT2D eigenvalue weighted by Gasteiger charge is 2.11. The van der Waals surface area contributed by atoms with Gasteiger partial charge in [0.25, 0.3) is 0 Å². The lowest BCUT2D eigenvalue weighted by Crippen LogP contribution is -2.03. The van der Waals surface area contributed by atoms with E-state index in [-0.39, 0.29) is 11.1 Å². The average molecular weight is 667 g/mol. The third kappa shape index (κ3) is 10.6. The number of hydrogen-bond acceptors (Lipinski definition) is 6. The molecule has 0 radical (unpaired) electrons. The van der Waals surface area contributed by atoms with Gasteiger partial charge in [0, 0.05) is 36.2 Å². The van der Waals surface area contributed by atoms with Gasteiger partial charge in [0.15, 0.2) is 0 Å². The smallest absolute Gasteiger partial charge is 0.337 e. The van der Waals surface area contributed by atoms with Crippen LogP contribution in [-0.2, 0) is 12.8 Å². The van der Waals surface area contributed by atoms with Crippen LogP contribution in [0.3, 0.4) is 0 Å². The normalized spacial score (nSPS) is 10.1. The van der Waals surface area contributed by atoms with Crippen molar-refractivity contribution in [2.24, 2.45) is 0 Å². The van der Waals surface area contributed by atoms with Crippen molar-refractivity contribution in [1.82, 2.24) is 9.97 Å². The quantitative estimate of drug-likeness (QED) is 0.120. The van der Waals surface area contributed by atoms with E-state index in [1.54, 1.807) is 36.4 Å². The molecule has 8 nitrogen and oxygen atoms in total. The summed E-state index contributed by atoms with van der Waals surface area (Å²) in [6.07, 6.45) is 9.46. The number of para-hydroxylation sites is 2. The van der Waals surface area contributed by atoms with Gasteiger partial charge < -0.3 is 20.8 Å². The monoisotopic (exact) mass is 666 g/mol. The van der Waals surface area contributed by atoms with Gasteiger partial charge in [-0.25, -0.2) is 9.59 Å². The lowest BCUT2D eigenvalue weighted by Gasteiger charge is -2.13. The van der Waals surface area contributed by atoms with Crippen LogP contribution in [0.1, 0.15) is 54.1 Å². The van der Waals surface area contributed by atoms with E-state index in [0.717, 1.165) is 35.3 Å². The molecule has 4 N–H and O–H groups in total. The van der Waals surface area contributed by atoms with Gasteiger partial charge in [-0.3, -0.25) is 9.97 Å². The fraction of sp³-hybridized carbons (Fsp3) is 0.143. The Labute approximate surface area is 293 Å². The lowest BCUT2D eigenvalue weighted by molar-refractivity contribution is 0.0687. The van der Waals surface area contributed by atoms with Gasteiger partial charge in [-0.05, 0) is 135 Å². The minimum Gasteiger partial charge on any atom is -0.478 e. The number of nitrogens with zero attached hydrogens (tertiary/aromatic N) is 2. The second-order valence-electron chi connectivity index (χ2n) is 11.7. The summed E-state index contributed by atoms with van der Waals surface area (Å²) >= 11 is 0. The van der Waals surface area contributed by atoms with Crippen LogP contribution in [0.25, 0.3) is 0 Å². The highest BCUT2D eigenvalue weighted by atomic mass is 16.4. The maximum absolute atomic E-state index is 11.1. The molecule has 0 aliphatic rings. The Morgan fingerprint density at radius 2 is 0.820 bits per heavy atom. The molecule has 2 heterocycles. The van der Waals surface area contributed by atoms with E-state index in [1.807, 2.05) is 101 Å². The molecule has 6 aromatic rings. The largest absolute Gasteiger partial charge is 0.478 e. The molecule has 0 spiro atoms. The summed E-state index contributed by atoms with van der Waals surface area (Å²) in [4.78, 5) is 30.2. The maximum atomic E-state index is 11.1. The molecule has 0 atom stereocenters. The van der Waals surface area contributed by atoms with E-state index < -0.39 is 11.9 Å². The summed E-state index contributed by atoms with van der Waals surface area (Å²) in [7, 11) is 0. The van der Waals surface area contributed by atoms with Crippen LogP contribution in [0.4, 0.5) is 22.7 Å². The molecule has 8 heteroatoms. The van der Waals surface area contributed by atoms with E-state index in [4.69, 9.17) is 10.2 Å². The number of nitrogens with one attached hydrogen (secondary N) is 2. The second kappa shape index (κ2) is 18.3. The SMILES string of the molecule is Cc1cccc(Nc2ccccc2C(=O)O)c1C.Cc1cccc(Nc2ccccc2C(=O)O)c1C.c1cc(CCc2ccncc2)ccn1. The highest BCUT2D eigenvalue weighted by molar-refractivity contribution is 5.96. The predicted molar refractivity (Wildman–Crippen MR) is 201 cm³/mol. The minimum absolute atomic E-state index is 0.276. The van der Waals surface area contributed by atoms with Gasteiger partial charge in [0.1, 0.15) is 0 Å². The zero-order chi connectivity index (χ0) is 35.9. The maximum Gasteiger partial charge on any atom is 0.337 e. The van der Waals surface area contributed by atoms with Crippen LogP contribution in [0, 0.1) is 27.7 Å². The van der Waals surface area contributed by atoms with Crippen LogP contribution in [0.5, 0.6) is 0 Å². The van der Waals surface area contributed by atoms with Crippen molar-refractivity contribution in [2.45, 2.75) is 40.5 Å². The first kappa shape index (κ1) is 36.6. The summed E-state index contributed by atoms with van der Waals surface area (Å²) in [5, 5.41) is 24.6. The van der Waals surface area contributed by atoms with Gasteiger partial charge in [-0.15, -0.1) is 0 Å². The van der Waals surface area contributed by atoms with Crippen molar-refractivity contribution >= 4 is 34.7 Å². The molecular formula is C42H42N4O4. The predicted octanol–water partition coefficient (Wildman–Crippen LogP) is 9.75. The van der Waals surface area contributed by atoms with E-state index in [2.05, 4.69) is 44.9 Å². The fourth-order valence-corrected chi connectivity index (χ4v) is 5.01. The van der Waals surface area contributed by atoms with Crippen LogP contribution < -0.4 is 10.6 Å². The summed E-state index contributed by atoms with van der Waals surface area (Å²) in [5.74, 6) is -1.85. The molecule has 0 saturated carbocycles. The van der Waals surface area contributed by atoms with E-state index in [0.29, 0.717) is 11.4 Å². The topological polar surface area (TPSA) is 124 Å². The molecule has 0 fully saturated rings. The molecule has 2 aromatic heterocycles. The van der Waals surface area contributed by atoms with Crippen LogP contribution >= 0.6 is 0 Å². The lowest BCUT2D eigenvalue weighted by atomic mass is 10.1. The molecule has 50 heavy (non-hydrogen) atoms. The Morgan fingerprint density at radius 1 is 0.480 bits per heavy atom. The first-order valence-corrected chi connectivity index (χ1v) is 16.2. The number of carboxylic acids is 2. The number of benzene rings is 4. The van der Waals surface area contributed by atoms with Crippen molar-refractivity contribution in [3.05, 3.63) is 178 Å². The summed E-state index contributed by atoms with van der Waals surface area (Å²) in [6, 6.07) is 33.9. The third-order valence-electron chi connectivity index (χ3n) is 8.26. The molecular weight excluding hydrogens is 624 g/mol. The number of aryl methyl sites for hydroxylation is 4. The van der Waals surface area contributed by atoms with Gasteiger partial charge in [-0.1, -0.05) is 48.5 Å². The highest BCUT2D eigenvalue weighted by Crippen LogP contribution is 2.26. The molecule has 6 rings (SSSR count). The molecule has 254 valence electrons. The van der Waals surface area contributed by atoms with Gasteiger partial charge in [-0.2, -0.15) is 0 Å². The third-order valence-corrected chi connectivity index (χ3v) is 8.26. The Kier molecular flexibility index (Phi) is 13.4. The number of hydrogen-bond donors (Lipinski definition) is 4. The van der Waals surface area contributed by atoms with Gasteiger partial charge >= 0.3 is 11.9 Å². The summed E-state index contributed by atoms with van der Waals surface area (Å²) in [6.45, 7) is 8.09.